The summed E-state index contributed by atoms with van der Waals surface area (Å²) in [6.45, 7) is 0.218. The van der Waals surface area contributed by atoms with Crippen molar-refractivity contribution in [3.63, 3.8) is 0 Å². The summed E-state index contributed by atoms with van der Waals surface area (Å²) in [6, 6.07) is 18.6. The van der Waals surface area contributed by atoms with Crippen molar-refractivity contribution in [1.82, 2.24) is 0 Å². The van der Waals surface area contributed by atoms with Crippen molar-refractivity contribution >= 4 is 34.5 Å². The van der Waals surface area contributed by atoms with Gasteiger partial charge < -0.3 is 14.0 Å². The number of rotatable bonds is 10. The quantitative estimate of drug-likeness (QED) is 0.422. The van der Waals surface area contributed by atoms with Gasteiger partial charge in [0.05, 0.1) is 0 Å². The standard InChI is InChI=1S/C24H23ClFNO4S/c25-21-4-8-23(9-5-21)27(32(30)31)12-11-19-14-18(3-10-24(28)29)15-20(16-19)13-17-1-6-22(26)7-2-17/h1-2,4-9,14-16H,3,10-13H2,(H,28,29)(H,30,31)/p-1. The van der Waals surface area contributed by atoms with Crippen molar-refractivity contribution in [2.75, 3.05) is 10.8 Å². The first-order chi connectivity index (χ1) is 15.3. The molecule has 5 nitrogen and oxygen atoms in total. The van der Waals surface area contributed by atoms with E-state index in [1.54, 1.807) is 36.4 Å². The lowest BCUT2D eigenvalue weighted by molar-refractivity contribution is -0.136. The Morgan fingerprint density at radius 1 is 0.938 bits per heavy atom. The number of hydrogen-bond acceptors (Lipinski definition) is 3. The molecule has 0 heterocycles. The lowest BCUT2D eigenvalue weighted by Gasteiger charge is -2.26. The number of halogens is 2. The Hall–Kier alpha value is -2.74. The van der Waals surface area contributed by atoms with Crippen LogP contribution in [0.5, 0.6) is 0 Å². The molecule has 0 aliphatic rings. The highest BCUT2D eigenvalue weighted by Crippen LogP contribution is 2.21. The van der Waals surface area contributed by atoms with Crippen LogP contribution in [0.1, 0.15) is 28.7 Å². The van der Waals surface area contributed by atoms with Gasteiger partial charge in [0.15, 0.2) is 0 Å². The van der Waals surface area contributed by atoms with E-state index in [1.807, 2.05) is 18.2 Å². The van der Waals surface area contributed by atoms with E-state index in [0.29, 0.717) is 30.0 Å². The summed E-state index contributed by atoms with van der Waals surface area (Å²) in [5.74, 6) is -1.19. The van der Waals surface area contributed by atoms with Crippen LogP contribution in [0.2, 0.25) is 5.02 Å². The average molecular weight is 475 g/mol. The van der Waals surface area contributed by atoms with Crippen LogP contribution in [-0.4, -0.2) is 26.4 Å². The van der Waals surface area contributed by atoms with E-state index in [4.69, 9.17) is 16.7 Å². The molecule has 168 valence electrons. The minimum Gasteiger partial charge on any atom is -0.755 e. The highest BCUT2D eigenvalue weighted by Gasteiger charge is 2.10. The average Bonchev–Trinajstić information content (AvgIpc) is 2.75. The van der Waals surface area contributed by atoms with Crippen molar-refractivity contribution < 1.29 is 23.1 Å². The lowest BCUT2D eigenvalue weighted by Crippen LogP contribution is -2.27. The third-order valence-corrected chi connectivity index (χ3v) is 5.96. The van der Waals surface area contributed by atoms with Gasteiger partial charge in [0.25, 0.3) is 0 Å². The van der Waals surface area contributed by atoms with Crippen LogP contribution in [0.3, 0.4) is 0 Å². The zero-order chi connectivity index (χ0) is 23.1. The van der Waals surface area contributed by atoms with Crippen LogP contribution in [0, 0.1) is 5.82 Å². The SMILES string of the molecule is O=C(O)CCc1cc(CCN(c2ccc(Cl)cc2)S(=O)[O-])cc(Cc2ccc(F)cc2)c1. The van der Waals surface area contributed by atoms with Gasteiger partial charge in [0.2, 0.25) is 0 Å². The van der Waals surface area contributed by atoms with Gasteiger partial charge in [-0.15, -0.1) is 0 Å². The summed E-state index contributed by atoms with van der Waals surface area (Å²) in [5.41, 5.74) is 4.15. The molecular formula is C24H22ClFNO4S-. The molecule has 0 aliphatic carbocycles. The monoisotopic (exact) mass is 474 g/mol. The molecule has 3 aromatic rings. The second kappa shape index (κ2) is 11.2. The summed E-state index contributed by atoms with van der Waals surface area (Å²) >= 11 is 3.43. The van der Waals surface area contributed by atoms with E-state index in [9.17, 15) is 17.9 Å². The zero-order valence-electron chi connectivity index (χ0n) is 17.2. The third-order valence-electron chi connectivity index (χ3n) is 4.96. The van der Waals surface area contributed by atoms with Gasteiger partial charge in [0, 0.05) is 34.9 Å². The molecule has 3 rings (SSSR count). The van der Waals surface area contributed by atoms with Gasteiger partial charge in [-0.1, -0.05) is 41.9 Å². The van der Waals surface area contributed by atoms with E-state index < -0.39 is 17.2 Å². The molecule has 1 atom stereocenters. The van der Waals surface area contributed by atoms with Crippen LogP contribution in [-0.2, 0) is 35.3 Å². The zero-order valence-corrected chi connectivity index (χ0v) is 18.7. The van der Waals surface area contributed by atoms with Gasteiger partial charge in [-0.2, -0.15) is 0 Å². The van der Waals surface area contributed by atoms with Crippen molar-refractivity contribution in [2.45, 2.75) is 25.7 Å². The highest BCUT2D eigenvalue weighted by atomic mass is 35.5. The minimum absolute atomic E-state index is 0.000911. The fourth-order valence-corrected chi connectivity index (χ4v) is 4.11. The Balaban J connectivity index is 1.81. The predicted octanol–water partition coefficient (Wildman–Crippen LogP) is 4.93. The maximum Gasteiger partial charge on any atom is 0.303 e. The molecule has 1 N–H and O–H groups in total. The molecule has 8 heteroatoms. The van der Waals surface area contributed by atoms with Crippen molar-refractivity contribution in [3.05, 3.63) is 99.8 Å². The topological polar surface area (TPSA) is 80.7 Å². The summed E-state index contributed by atoms with van der Waals surface area (Å²) in [6.07, 6.45) is 1.37. The molecule has 0 radical (unpaired) electrons. The van der Waals surface area contributed by atoms with Gasteiger partial charge >= 0.3 is 5.97 Å². The van der Waals surface area contributed by atoms with Gasteiger partial charge in [-0.25, -0.2) is 4.39 Å². The molecule has 0 saturated carbocycles. The fraction of sp³-hybridized carbons (Fsp3) is 0.208. The first-order valence-corrected chi connectivity index (χ1v) is 11.4. The number of aryl methyl sites for hydroxylation is 1. The van der Waals surface area contributed by atoms with Gasteiger partial charge in [-0.05, 0) is 77.9 Å². The van der Waals surface area contributed by atoms with E-state index in [0.717, 1.165) is 22.3 Å². The Labute approximate surface area is 193 Å². The molecular weight excluding hydrogens is 453 g/mol. The maximum atomic E-state index is 13.2. The molecule has 0 fully saturated rings. The first-order valence-electron chi connectivity index (χ1n) is 10.0. The minimum atomic E-state index is -2.46. The van der Waals surface area contributed by atoms with Crippen LogP contribution in [0.25, 0.3) is 0 Å². The van der Waals surface area contributed by atoms with Crippen molar-refractivity contribution in [3.8, 4) is 0 Å². The molecule has 0 amide bonds. The summed E-state index contributed by atoms with van der Waals surface area (Å²) in [4.78, 5) is 11.0. The fourth-order valence-electron chi connectivity index (χ4n) is 3.45. The molecule has 0 saturated heterocycles. The third kappa shape index (κ3) is 7.15. The van der Waals surface area contributed by atoms with Gasteiger partial charge in [0.1, 0.15) is 5.82 Å². The molecule has 3 aromatic carbocycles. The molecule has 0 spiro atoms. The predicted molar refractivity (Wildman–Crippen MR) is 123 cm³/mol. The number of benzene rings is 3. The maximum absolute atomic E-state index is 13.2. The Morgan fingerprint density at radius 2 is 1.53 bits per heavy atom. The number of nitrogens with zero attached hydrogens (tertiary/aromatic N) is 1. The van der Waals surface area contributed by atoms with Crippen molar-refractivity contribution in [1.29, 1.82) is 0 Å². The van der Waals surface area contributed by atoms with E-state index in [2.05, 4.69) is 0 Å². The molecule has 32 heavy (non-hydrogen) atoms. The van der Waals surface area contributed by atoms with E-state index in [-0.39, 0.29) is 18.8 Å². The van der Waals surface area contributed by atoms with E-state index in [1.165, 1.54) is 16.4 Å². The van der Waals surface area contributed by atoms with Crippen molar-refractivity contribution in [2.24, 2.45) is 0 Å². The normalized spacial score (nSPS) is 11.8. The Morgan fingerprint density at radius 3 is 2.12 bits per heavy atom. The summed E-state index contributed by atoms with van der Waals surface area (Å²) < 4.78 is 38.0. The highest BCUT2D eigenvalue weighted by molar-refractivity contribution is 7.80. The number of carbonyl (C=O) groups is 1. The van der Waals surface area contributed by atoms with Crippen LogP contribution in [0.4, 0.5) is 10.1 Å². The number of carboxylic acid groups (broad SMARTS) is 1. The molecule has 1 unspecified atom stereocenters. The second-order valence-electron chi connectivity index (χ2n) is 7.40. The number of aliphatic carboxylic acids is 1. The largest absolute Gasteiger partial charge is 0.755 e. The Kier molecular flexibility index (Phi) is 8.39. The number of anilines is 1. The van der Waals surface area contributed by atoms with Crippen LogP contribution in [0.15, 0.2) is 66.7 Å². The smallest absolute Gasteiger partial charge is 0.303 e. The lowest BCUT2D eigenvalue weighted by atomic mass is 9.96. The first kappa shape index (κ1) is 23.9. The second-order valence-corrected chi connectivity index (χ2v) is 8.71. The van der Waals surface area contributed by atoms with Crippen LogP contribution < -0.4 is 4.31 Å². The van der Waals surface area contributed by atoms with Crippen LogP contribution >= 0.6 is 11.6 Å². The van der Waals surface area contributed by atoms with E-state index >= 15 is 0 Å². The molecule has 0 aliphatic heterocycles. The number of carboxylic acids is 1. The molecule has 0 bridgehead atoms. The Bertz CT molecular complexity index is 1090. The number of hydrogen-bond donors (Lipinski definition) is 1. The van der Waals surface area contributed by atoms with Gasteiger partial charge in [-0.3, -0.25) is 9.00 Å². The molecule has 0 aromatic heterocycles. The summed E-state index contributed by atoms with van der Waals surface area (Å²) in [5, 5.41) is 9.55. The summed E-state index contributed by atoms with van der Waals surface area (Å²) in [7, 11) is 0.